The van der Waals surface area contributed by atoms with Crippen LogP contribution < -0.4 is 0 Å². The molecule has 1 saturated heterocycles. The zero-order valence-corrected chi connectivity index (χ0v) is 16.4. The minimum Gasteiger partial charge on any atom is -0.379 e. The van der Waals surface area contributed by atoms with E-state index in [2.05, 4.69) is 4.90 Å². The van der Waals surface area contributed by atoms with Gasteiger partial charge in [-0.25, -0.2) is 0 Å². The summed E-state index contributed by atoms with van der Waals surface area (Å²) in [5.74, 6) is 1.42. The number of ketones is 2. The molecule has 0 aliphatic carbocycles. The lowest BCUT2D eigenvalue weighted by Gasteiger charge is -2.39. The minimum absolute atomic E-state index is 0.160. The molecule has 1 aromatic carbocycles. The molecule has 5 heteroatoms. The molecule has 4 nitrogen and oxygen atoms in total. The molecule has 0 radical (unpaired) electrons. The van der Waals surface area contributed by atoms with Gasteiger partial charge in [-0.3, -0.25) is 9.69 Å². The highest BCUT2D eigenvalue weighted by Gasteiger charge is 2.35. The molecule has 0 saturated carbocycles. The molecular formula is C20H29NO3S. The second-order valence-electron chi connectivity index (χ2n) is 7.02. The van der Waals surface area contributed by atoms with Crippen LogP contribution in [0.25, 0.3) is 0 Å². The zero-order chi connectivity index (χ0) is 18.3. The fourth-order valence-corrected chi connectivity index (χ4v) is 3.90. The maximum Gasteiger partial charge on any atom is 0.182 e. The highest BCUT2D eigenvalue weighted by Crippen LogP contribution is 2.25. The number of unbranched alkanes of at least 4 members (excludes halogenated alkanes) is 1. The van der Waals surface area contributed by atoms with Crippen LogP contribution in [0, 0.1) is 0 Å². The van der Waals surface area contributed by atoms with Gasteiger partial charge in [0.25, 0.3) is 0 Å². The Morgan fingerprint density at radius 3 is 2.36 bits per heavy atom. The first-order valence-electron chi connectivity index (χ1n) is 9.01. The molecule has 0 aromatic heterocycles. The largest absolute Gasteiger partial charge is 0.379 e. The number of hydrogen-bond donors (Lipinski definition) is 0. The Balaban J connectivity index is 1.87. The smallest absolute Gasteiger partial charge is 0.182 e. The van der Waals surface area contributed by atoms with E-state index in [1.165, 1.54) is 4.90 Å². The van der Waals surface area contributed by atoms with E-state index in [0.717, 1.165) is 37.2 Å². The normalized spacial score (nSPS) is 16.0. The van der Waals surface area contributed by atoms with Gasteiger partial charge in [-0.15, -0.1) is 11.8 Å². The van der Waals surface area contributed by atoms with E-state index in [0.29, 0.717) is 19.6 Å². The second kappa shape index (κ2) is 9.51. The summed E-state index contributed by atoms with van der Waals surface area (Å²) in [5, 5.41) is 0. The standard InChI is InChI=1S/C20H29NO3S/c1-16(22)6-4-5-15-25-18-9-7-17(8-10-18)19(23)20(2,3)21-11-13-24-14-12-21/h7-10H,4-6,11-15H2,1-3H3. The van der Waals surface area contributed by atoms with E-state index in [-0.39, 0.29) is 11.6 Å². The Kier molecular flexibility index (Phi) is 7.66. The van der Waals surface area contributed by atoms with Gasteiger partial charge in [0, 0.05) is 30.0 Å². The average molecular weight is 364 g/mol. The van der Waals surface area contributed by atoms with Crippen molar-refractivity contribution < 1.29 is 14.3 Å². The predicted octanol–water partition coefficient (Wildman–Crippen LogP) is 3.83. The van der Waals surface area contributed by atoms with Crippen LogP contribution in [0.15, 0.2) is 29.2 Å². The molecule has 0 unspecified atom stereocenters. The van der Waals surface area contributed by atoms with Gasteiger partial charge in [-0.05, 0) is 51.5 Å². The van der Waals surface area contributed by atoms with Crippen LogP contribution in [0.5, 0.6) is 0 Å². The third-order valence-corrected chi connectivity index (χ3v) is 5.76. The van der Waals surface area contributed by atoms with Crippen molar-refractivity contribution in [2.24, 2.45) is 0 Å². The van der Waals surface area contributed by atoms with Gasteiger partial charge in [0.2, 0.25) is 0 Å². The maximum absolute atomic E-state index is 12.9. The van der Waals surface area contributed by atoms with Crippen molar-refractivity contribution in [2.75, 3.05) is 32.1 Å². The lowest BCUT2D eigenvalue weighted by molar-refractivity contribution is -0.117. The number of Topliss-reactive ketones (excluding diaryl/α,β-unsaturated/α-hetero) is 2. The number of morpholine rings is 1. The van der Waals surface area contributed by atoms with Gasteiger partial charge < -0.3 is 9.53 Å². The van der Waals surface area contributed by atoms with Crippen molar-refractivity contribution in [2.45, 2.75) is 50.5 Å². The topological polar surface area (TPSA) is 46.6 Å². The summed E-state index contributed by atoms with van der Waals surface area (Å²) in [6.45, 7) is 8.61. The van der Waals surface area contributed by atoms with Gasteiger partial charge in [-0.1, -0.05) is 12.1 Å². The van der Waals surface area contributed by atoms with Crippen LogP contribution in [0.1, 0.15) is 50.4 Å². The molecule has 0 spiro atoms. The summed E-state index contributed by atoms with van der Waals surface area (Å²) in [6.07, 6.45) is 2.66. The van der Waals surface area contributed by atoms with Crippen LogP contribution >= 0.6 is 11.8 Å². The Hall–Kier alpha value is -1.17. The highest BCUT2D eigenvalue weighted by molar-refractivity contribution is 7.99. The van der Waals surface area contributed by atoms with Gasteiger partial charge in [0.15, 0.2) is 5.78 Å². The molecule has 1 heterocycles. The van der Waals surface area contributed by atoms with Crippen molar-refractivity contribution in [3.63, 3.8) is 0 Å². The van der Waals surface area contributed by atoms with Crippen LogP contribution in [0.2, 0.25) is 0 Å². The average Bonchev–Trinajstić information content (AvgIpc) is 2.62. The number of benzene rings is 1. The number of rotatable bonds is 9. The molecule has 1 aliphatic rings. The number of nitrogens with zero attached hydrogens (tertiary/aromatic N) is 1. The molecule has 0 N–H and O–H groups in total. The van der Waals surface area contributed by atoms with Crippen LogP contribution in [-0.2, 0) is 9.53 Å². The van der Waals surface area contributed by atoms with Gasteiger partial charge >= 0.3 is 0 Å². The fourth-order valence-electron chi connectivity index (χ4n) is 2.99. The Bertz CT molecular complexity index is 577. The lowest BCUT2D eigenvalue weighted by atomic mass is 9.91. The molecule has 1 aliphatic heterocycles. The van der Waals surface area contributed by atoms with E-state index in [1.54, 1.807) is 18.7 Å². The summed E-state index contributed by atoms with van der Waals surface area (Å²) in [7, 11) is 0. The summed E-state index contributed by atoms with van der Waals surface area (Å²) in [5.41, 5.74) is 0.253. The van der Waals surface area contributed by atoms with E-state index in [9.17, 15) is 9.59 Å². The number of carbonyl (C=O) groups excluding carboxylic acids is 2. The summed E-state index contributed by atoms with van der Waals surface area (Å²) in [4.78, 5) is 27.2. The Labute approximate surface area is 155 Å². The van der Waals surface area contributed by atoms with Crippen molar-refractivity contribution in [1.29, 1.82) is 0 Å². The predicted molar refractivity (Wildman–Crippen MR) is 102 cm³/mol. The summed E-state index contributed by atoms with van der Waals surface area (Å²) < 4.78 is 5.39. The van der Waals surface area contributed by atoms with Crippen LogP contribution in [0.4, 0.5) is 0 Å². The number of carbonyl (C=O) groups is 2. The first kappa shape index (κ1) is 20.1. The summed E-state index contributed by atoms with van der Waals surface area (Å²) in [6, 6.07) is 7.92. The monoisotopic (exact) mass is 363 g/mol. The van der Waals surface area contributed by atoms with E-state index in [1.807, 2.05) is 38.1 Å². The van der Waals surface area contributed by atoms with E-state index >= 15 is 0 Å². The molecule has 1 aromatic rings. The lowest BCUT2D eigenvalue weighted by Crippen LogP contribution is -2.54. The number of ether oxygens (including phenoxy) is 1. The number of hydrogen-bond acceptors (Lipinski definition) is 5. The second-order valence-corrected chi connectivity index (χ2v) is 8.19. The first-order chi connectivity index (χ1) is 11.9. The molecule has 138 valence electrons. The van der Waals surface area contributed by atoms with Gasteiger partial charge in [0.05, 0.1) is 18.8 Å². The van der Waals surface area contributed by atoms with Crippen molar-refractivity contribution in [1.82, 2.24) is 4.90 Å². The fraction of sp³-hybridized carbons (Fsp3) is 0.600. The van der Waals surface area contributed by atoms with E-state index in [4.69, 9.17) is 4.74 Å². The van der Waals surface area contributed by atoms with Crippen molar-refractivity contribution in [3.05, 3.63) is 29.8 Å². The molecule has 2 rings (SSSR count). The number of thioether (sulfide) groups is 1. The zero-order valence-electron chi connectivity index (χ0n) is 15.5. The molecule has 0 atom stereocenters. The van der Waals surface area contributed by atoms with Gasteiger partial charge in [-0.2, -0.15) is 0 Å². The van der Waals surface area contributed by atoms with Crippen molar-refractivity contribution >= 4 is 23.3 Å². The highest BCUT2D eigenvalue weighted by atomic mass is 32.2. The van der Waals surface area contributed by atoms with Crippen molar-refractivity contribution in [3.8, 4) is 0 Å². The molecule has 1 fully saturated rings. The quantitative estimate of drug-likeness (QED) is 0.379. The van der Waals surface area contributed by atoms with Gasteiger partial charge in [0.1, 0.15) is 5.78 Å². The molecule has 0 amide bonds. The SMILES string of the molecule is CC(=O)CCCCSc1ccc(C(=O)C(C)(C)N2CCOCC2)cc1. The summed E-state index contributed by atoms with van der Waals surface area (Å²) >= 11 is 1.78. The Morgan fingerprint density at radius 2 is 1.76 bits per heavy atom. The van der Waals surface area contributed by atoms with Crippen LogP contribution in [-0.4, -0.2) is 54.1 Å². The molecular weight excluding hydrogens is 334 g/mol. The Morgan fingerprint density at radius 1 is 1.12 bits per heavy atom. The van der Waals surface area contributed by atoms with Crippen LogP contribution in [0.3, 0.4) is 0 Å². The maximum atomic E-state index is 12.9. The third-order valence-electron chi connectivity index (χ3n) is 4.67. The minimum atomic E-state index is -0.509. The van der Waals surface area contributed by atoms with E-state index < -0.39 is 5.54 Å². The molecule has 25 heavy (non-hydrogen) atoms. The third kappa shape index (κ3) is 5.94. The molecule has 0 bridgehead atoms. The first-order valence-corrected chi connectivity index (χ1v) is 9.99.